The molecular weight excluding hydrogens is 304 g/mol. The molecule has 2 heterocycles. The van der Waals surface area contributed by atoms with E-state index in [0.29, 0.717) is 19.0 Å². The van der Waals surface area contributed by atoms with Crippen LogP contribution in [0.4, 0.5) is 5.69 Å². The maximum Gasteiger partial charge on any atom is 0.232 e. The summed E-state index contributed by atoms with van der Waals surface area (Å²) in [6, 6.07) is 6.31. The number of benzene rings is 1. The Morgan fingerprint density at radius 2 is 2.08 bits per heavy atom. The molecule has 1 saturated heterocycles. The van der Waals surface area contributed by atoms with Gasteiger partial charge in [0.1, 0.15) is 5.75 Å². The number of rotatable bonds is 3. The lowest BCUT2D eigenvalue weighted by molar-refractivity contribution is -0.128. The van der Waals surface area contributed by atoms with Crippen molar-refractivity contribution in [3.05, 3.63) is 23.8 Å². The van der Waals surface area contributed by atoms with Gasteiger partial charge in [-0.3, -0.25) is 9.59 Å². The van der Waals surface area contributed by atoms with E-state index < -0.39 is 0 Å². The van der Waals surface area contributed by atoms with Gasteiger partial charge >= 0.3 is 0 Å². The van der Waals surface area contributed by atoms with Crippen molar-refractivity contribution in [1.82, 2.24) is 4.90 Å². The van der Waals surface area contributed by atoms with E-state index in [1.165, 1.54) is 0 Å². The van der Waals surface area contributed by atoms with E-state index in [2.05, 4.69) is 0 Å². The first kappa shape index (κ1) is 15.5. The number of hydrogen-bond acceptors (Lipinski definition) is 3. The van der Waals surface area contributed by atoms with Crippen molar-refractivity contribution in [2.45, 2.75) is 44.6 Å². The molecule has 0 N–H and O–H groups in total. The van der Waals surface area contributed by atoms with E-state index in [1.54, 1.807) is 7.11 Å². The Morgan fingerprint density at radius 1 is 1.25 bits per heavy atom. The number of carbonyl (C=O) groups excluding carboxylic acids is 2. The van der Waals surface area contributed by atoms with E-state index in [9.17, 15) is 9.59 Å². The number of likely N-dealkylation sites (tertiary alicyclic amines) is 1. The molecule has 5 heteroatoms. The average molecular weight is 328 g/mol. The molecule has 1 aromatic rings. The van der Waals surface area contributed by atoms with Crippen LogP contribution in [-0.2, 0) is 16.0 Å². The summed E-state index contributed by atoms with van der Waals surface area (Å²) in [6.07, 6.45) is 5.52. The maximum atomic E-state index is 13.2. The van der Waals surface area contributed by atoms with Crippen LogP contribution in [0.5, 0.6) is 5.75 Å². The molecule has 4 rings (SSSR count). The zero-order valence-corrected chi connectivity index (χ0v) is 14.2. The third-order valence-electron chi connectivity index (χ3n) is 5.44. The van der Waals surface area contributed by atoms with Crippen LogP contribution in [0, 0.1) is 5.92 Å². The highest BCUT2D eigenvalue weighted by molar-refractivity contribution is 6.00. The molecule has 24 heavy (non-hydrogen) atoms. The molecule has 1 unspecified atom stereocenters. The van der Waals surface area contributed by atoms with Crippen molar-refractivity contribution >= 4 is 17.5 Å². The van der Waals surface area contributed by atoms with E-state index in [1.807, 2.05) is 28.0 Å². The van der Waals surface area contributed by atoms with Crippen molar-refractivity contribution in [3.63, 3.8) is 0 Å². The molecule has 0 bridgehead atoms. The largest absolute Gasteiger partial charge is 0.496 e. The highest BCUT2D eigenvalue weighted by Gasteiger charge is 2.43. The smallest absolute Gasteiger partial charge is 0.232 e. The molecule has 3 aliphatic rings. The highest BCUT2D eigenvalue weighted by Crippen LogP contribution is 2.37. The topological polar surface area (TPSA) is 49.9 Å². The fraction of sp³-hybridized carbons (Fsp3) is 0.579. The van der Waals surface area contributed by atoms with E-state index >= 15 is 0 Å². The third-order valence-corrected chi connectivity index (χ3v) is 5.44. The predicted molar refractivity (Wildman–Crippen MR) is 91.1 cm³/mol. The number of anilines is 1. The number of nitrogens with zero attached hydrogens (tertiary/aromatic N) is 2. The van der Waals surface area contributed by atoms with E-state index in [0.717, 1.165) is 55.6 Å². The minimum atomic E-state index is -0.199. The number of fused-ring (bicyclic) bond motifs is 1. The van der Waals surface area contributed by atoms with Gasteiger partial charge < -0.3 is 14.5 Å². The standard InChI is InChI=1S/C19H24N2O3/c1-24-17-7-4-6-16-15(17)5-2-3-10-20(16)19(23)13-11-18(22)21(12-13)14-8-9-14/h4,6-7,13-14H,2-3,5,8-12H2,1H3. The lowest BCUT2D eigenvalue weighted by Crippen LogP contribution is -2.38. The second-order valence-electron chi connectivity index (χ2n) is 7.08. The first-order chi connectivity index (χ1) is 11.7. The quantitative estimate of drug-likeness (QED) is 0.856. The highest BCUT2D eigenvalue weighted by atomic mass is 16.5. The predicted octanol–water partition coefficient (Wildman–Crippen LogP) is 2.38. The van der Waals surface area contributed by atoms with Gasteiger partial charge in [-0.15, -0.1) is 0 Å². The summed E-state index contributed by atoms with van der Waals surface area (Å²) < 4.78 is 5.50. The molecule has 1 atom stereocenters. The number of methoxy groups -OCH3 is 1. The molecule has 0 aromatic heterocycles. The minimum absolute atomic E-state index is 0.0999. The van der Waals surface area contributed by atoms with Gasteiger partial charge in [-0.1, -0.05) is 6.07 Å². The fourth-order valence-corrected chi connectivity index (χ4v) is 4.03. The van der Waals surface area contributed by atoms with Gasteiger partial charge in [-0.2, -0.15) is 0 Å². The summed E-state index contributed by atoms with van der Waals surface area (Å²) in [5.41, 5.74) is 2.09. The van der Waals surface area contributed by atoms with Crippen LogP contribution in [0.2, 0.25) is 0 Å². The van der Waals surface area contributed by atoms with Gasteiger partial charge in [0, 0.05) is 31.1 Å². The Hall–Kier alpha value is -2.04. The summed E-state index contributed by atoms with van der Waals surface area (Å²) >= 11 is 0. The van der Waals surface area contributed by atoms with Gasteiger partial charge in [0.2, 0.25) is 11.8 Å². The Labute approximate surface area is 142 Å². The number of amides is 2. The van der Waals surface area contributed by atoms with Crippen molar-refractivity contribution in [2.75, 3.05) is 25.1 Å². The second-order valence-corrected chi connectivity index (χ2v) is 7.08. The van der Waals surface area contributed by atoms with Crippen molar-refractivity contribution in [3.8, 4) is 5.75 Å². The Kier molecular flexibility index (Phi) is 3.94. The summed E-state index contributed by atoms with van der Waals surface area (Å²) in [7, 11) is 1.68. The van der Waals surface area contributed by atoms with Crippen LogP contribution < -0.4 is 9.64 Å². The average Bonchev–Trinajstić information content (AvgIpc) is 3.39. The van der Waals surface area contributed by atoms with Crippen LogP contribution in [0.3, 0.4) is 0 Å². The molecule has 5 nitrogen and oxygen atoms in total. The molecule has 2 fully saturated rings. The zero-order valence-electron chi connectivity index (χ0n) is 14.2. The number of hydrogen-bond donors (Lipinski definition) is 0. The van der Waals surface area contributed by atoms with Crippen LogP contribution in [0.25, 0.3) is 0 Å². The first-order valence-electron chi connectivity index (χ1n) is 8.95. The molecule has 1 saturated carbocycles. The SMILES string of the molecule is COc1cccc2c1CCCCN2C(=O)C1CC(=O)N(C2CC2)C1. The van der Waals surface area contributed by atoms with Gasteiger partial charge in [0.05, 0.1) is 18.7 Å². The summed E-state index contributed by atoms with van der Waals surface area (Å²) in [4.78, 5) is 29.2. The van der Waals surface area contributed by atoms with E-state index in [-0.39, 0.29) is 17.7 Å². The normalized spacial score (nSPS) is 23.9. The summed E-state index contributed by atoms with van der Waals surface area (Å²) in [6.45, 7) is 1.32. The molecule has 1 aromatic carbocycles. The molecule has 1 aliphatic carbocycles. The summed E-state index contributed by atoms with van der Waals surface area (Å²) in [5, 5.41) is 0. The summed E-state index contributed by atoms with van der Waals surface area (Å²) in [5.74, 6) is 0.906. The molecule has 2 aliphatic heterocycles. The molecule has 128 valence electrons. The Bertz CT molecular complexity index is 669. The Balaban J connectivity index is 1.60. The van der Waals surface area contributed by atoms with Crippen LogP contribution in [0.15, 0.2) is 18.2 Å². The molecule has 0 radical (unpaired) electrons. The van der Waals surface area contributed by atoms with Gasteiger partial charge in [-0.05, 0) is 44.2 Å². The minimum Gasteiger partial charge on any atom is -0.496 e. The van der Waals surface area contributed by atoms with Gasteiger partial charge in [0.15, 0.2) is 0 Å². The Morgan fingerprint density at radius 3 is 2.83 bits per heavy atom. The van der Waals surface area contributed by atoms with Gasteiger partial charge in [0.25, 0.3) is 0 Å². The van der Waals surface area contributed by atoms with Crippen molar-refractivity contribution in [1.29, 1.82) is 0 Å². The maximum absolute atomic E-state index is 13.2. The van der Waals surface area contributed by atoms with Crippen LogP contribution in [-0.4, -0.2) is 43.0 Å². The van der Waals surface area contributed by atoms with Crippen LogP contribution in [0.1, 0.15) is 37.7 Å². The zero-order chi connectivity index (χ0) is 16.7. The van der Waals surface area contributed by atoms with Crippen molar-refractivity contribution in [2.24, 2.45) is 5.92 Å². The lowest BCUT2D eigenvalue weighted by Gasteiger charge is -2.26. The lowest BCUT2D eigenvalue weighted by atomic mass is 10.0. The number of carbonyl (C=O) groups is 2. The van der Waals surface area contributed by atoms with E-state index in [4.69, 9.17) is 4.74 Å². The van der Waals surface area contributed by atoms with Crippen molar-refractivity contribution < 1.29 is 14.3 Å². The van der Waals surface area contributed by atoms with Crippen LogP contribution >= 0.6 is 0 Å². The molecule has 0 spiro atoms. The molecular formula is C19H24N2O3. The molecule has 2 amide bonds. The first-order valence-corrected chi connectivity index (χ1v) is 8.95. The third kappa shape index (κ3) is 2.66. The monoisotopic (exact) mass is 328 g/mol. The second kappa shape index (κ2) is 6.11. The fourth-order valence-electron chi connectivity index (χ4n) is 4.03. The van der Waals surface area contributed by atoms with Gasteiger partial charge in [-0.25, -0.2) is 0 Å². The number of ether oxygens (including phenoxy) is 1.